The van der Waals surface area contributed by atoms with E-state index in [2.05, 4.69) is 13.5 Å². The lowest BCUT2D eigenvalue weighted by atomic mass is 10.2. The SMILES string of the molecule is C=CCCCCC(=O)OCOCCCCCC. The van der Waals surface area contributed by atoms with E-state index in [4.69, 9.17) is 9.47 Å². The Bertz CT molecular complexity index is 190. The summed E-state index contributed by atoms with van der Waals surface area (Å²) < 4.78 is 10.2. The third-order valence-electron chi connectivity index (χ3n) is 2.48. The molecule has 0 radical (unpaired) electrons. The second-order valence-electron chi connectivity index (χ2n) is 4.14. The van der Waals surface area contributed by atoms with Crippen LogP contribution in [0.1, 0.15) is 58.3 Å². The van der Waals surface area contributed by atoms with Crippen LogP contribution in [0.15, 0.2) is 12.7 Å². The van der Waals surface area contributed by atoms with Gasteiger partial charge in [0.05, 0.1) is 6.61 Å². The second kappa shape index (κ2) is 13.2. The van der Waals surface area contributed by atoms with Crippen molar-refractivity contribution in [3.8, 4) is 0 Å². The summed E-state index contributed by atoms with van der Waals surface area (Å²) in [5.41, 5.74) is 0. The molecule has 0 unspecified atom stereocenters. The number of carbonyl (C=O) groups is 1. The largest absolute Gasteiger partial charge is 0.438 e. The lowest BCUT2D eigenvalue weighted by Crippen LogP contribution is -2.08. The molecule has 17 heavy (non-hydrogen) atoms. The lowest BCUT2D eigenvalue weighted by molar-refractivity contribution is -0.156. The number of carbonyl (C=O) groups excluding carboxylic acids is 1. The van der Waals surface area contributed by atoms with E-state index in [1.54, 1.807) is 0 Å². The molecule has 0 aromatic heterocycles. The molecule has 0 aliphatic heterocycles. The van der Waals surface area contributed by atoms with Crippen LogP contribution in [0.5, 0.6) is 0 Å². The fourth-order valence-corrected chi connectivity index (χ4v) is 1.43. The van der Waals surface area contributed by atoms with Crippen molar-refractivity contribution in [1.82, 2.24) is 0 Å². The monoisotopic (exact) mass is 242 g/mol. The van der Waals surface area contributed by atoms with E-state index in [1.165, 1.54) is 19.3 Å². The van der Waals surface area contributed by atoms with Gasteiger partial charge in [-0.05, 0) is 25.7 Å². The molecule has 0 amide bonds. The molecule has 0 N–H and O–H groups in total. The molecule has 0 aliphatic carbocycles. The number of rotatable bonds is 12. The van der Waals surface area contributed by atoms with Crippen LogP contribution in [0, 0.1) is 0 Å². The average Bonchev–Trinajstić information content (AvgIpc) is 2.33. The predicted molar refractivity (Wildman–Crippen MR) is 69.7 cm³/mol. The summed E-state index contributed by atoms with van der Waals surface area (Å²) in [5, 5.41) is 0. The van der Waals surface area contributed by atoms with E-state index >= 15 is 0 Å². The van der Waals surface area contributed by atoms with Gasteiger partial charge in [0.2, 0.25) is 0 Å². The topological polar surface area (TPSA) is 35.5 Å². The van der Waals surface area contributed by atoms with Gasteiger partial charge < -0.3 is 9.47 Å². The Kier molecular flexibility index (Phi) is 12.6. The van der Waals surface area contributed by atoms with Gasteiger partial charge in [-0.1, -0.05) is 32.3 Å². The predicted octanol–water partition coefficient (Wildman–Crippen LogP) is 3.83. The molecule has 0 fully saturated rings. The number of allylic oxidation sites excluding steroid dienone is 1. The Morgan fingerprint density at radius 1 is 1.18 bits per heavy atom. The maximum atomic E-state index is 11.2. The molecule has 0 saturated heterocycles. The van der Waals surface area contributed by atoms with Gasteiger partial charge in [0.25, 0.3) is 0 Å². The number of unbranched alkanes of at least 4 members (excludes halogenated alkanes) is 5. The third-order valence-corrected chi connectivity index (χ3v) is 2.48. The van der Waals surface area contributed by atoms with E-state index < -0.39 is 0 Å². The molecule has 0 atom stereocenters. The standard InChI is InChI=1S/C14H26O3/c1-3-5-7-9-11-14(15)17-13-16-12-10-8-6-4-2/h3H,1,4-13H2,2H3. The van der Waals surface area contributed by atoms with Gasteiger partial charge in [-0.2, -0.15) is 0 Å². The Balaban J connectivity index is 3.13. The van der Waals surface area contributed by atoms with Crippen LogP contribution in [0.3, 0.4) is 0 Å². The zero-order valence-electron chi connectivity index (χ0n) is 11.1. The van der Waals surface area contributed by atoms with Crippen LogP contribution in [0.2, 0.25) is 0 Å². The zero-order valence-corrected chi connectivity index (χ0v) is 11.1. The first-order valence-electron chi connectivity index (χ1n) is 6.65. The normalized spacial score (nSPS) is 10.2. The van der Waals surface area contributed by atoms with Crippen molar-refractivity contribution < 1.29 is 14.3 Å². The molecule has 0 aliphatic rings. The van der Waals surface area contributed by atoms with Gasteiger partial charge in [0.1, 0.15) is 0 Å². The number of hydrogen-bond acceptors (Lipinski definition) is 3. The number of ether oxygens (including phenoxy) is 2. The molecule has 0 aromatic carbocycles. The highest BCUT2D eigenvalue weighted by atomic mass is 16.7. The number of hydrogen-bond donors (Lipinski definition) is 0. The van der Waals surface area contributed by atoms with Gasteiger partial charge >= 0.3 is 5.97 Å². The van der Waals surface area contributed by atoms with Gasteiger partial charge in [-0.3, -0.25) is 4.79 Å². The summed E-state index contributed by atoms with van der Waals surface area (Å²) >= 11 is 0. The molecule has 0 saturated carbocycles. The summed E-state index contributed by atoms with van der Waals surface area (Å²) in [6, 6.07) is 0. The second-order valence-corrected chi connectivity index (χ2v) is 4.14. The van der Waals surface area contributed by atoms with E-state index in [-0.39, 0.29) is 12.8 Å². The van der Waals surface area contributed by atoms with Gasteiger partial charge in [-0.15, -0.1) is 6.58 Å². The molecule has 3 nitrogen and oxygen atoms in total. The first-order chi connectivity index (χ1) is 8.31. The van der Waals surface area contributed by atoms with Crippen molar-refractivity contribution in [3.63, 3.8) is 0 Å². The first-order valence-corrected chi connectivity index (χ1v) is 6.65. The Hall–Kier alpha value is -0.830. The molecule has 100 valence electrons. The molecule has 0 rings (SSSR count). The Morgan fingerprint density at radius 2 is 2.00 bits per heavy atom. The molecule has 0 spiro atoms. The van der Waals surface area contributed by atoms with E-state index in [9.17, 15) is 4.79 Å². The van der Waals surface area contributed by atoms with Crippen LogP contribution >= 0.6 is 0 Å². The first kappa shape index (κ1) is 16.2. The summed E-state index contributed by atoms with van der Waals surface area (Å²) in [5.74, 6) is -0.164. The van der Waals surface area contributed by atoms with Crippen molar-refractivity contribution in [2.75, 3.05) is 13.4 Å². The minimum absolute atomic E-state index is 0.104. The molecular weight excluding hydrogens is 216 g/mol. The Morgan fingerprint density at radius 3 is 2.71 bits per heavy atom. The van der Waals surface area contributed by atoms with Crippen LogP contribution in [0.25, 0.3) is 0 Å². The third kappa shape index (κ3) is 13.1. The number of esters is 1. The highest BCUT2D eigenvalue weighted by Crippen LogP contribution is 2.02. The minimum atomic E-state index is -0.164. The smallest absolute Gasteiger partial charge is 0.307 e. The highest BCUT2D eigenvalue weighted by molar-refractivity contribution is 5.69. The highest BCUT2D eigenvalue weighted by Gasteiger charge is 2.01. The van der Waals surface area contributed by atoms with Crippen molar-refractivity contribution in [1.29, 1.82) is 0 Å². The Labute approximate surface area is 105 Å². The van der Waals surface area contributed by atoms with Gasteiger partial charge in [0.15, 0.2) is 6.79 Å². The quantitative estimate of drug-likeness (QED) is 0.226. The van der Waals surface area contributed by atoms with Crippen LogP contribution in [-0.4, -0.2) is 19.4 Å². The van der Waals surface area contributed by atoms with E-state index in [0.717, 1.165) is 25.7 Å². The van der Waals surface area contributed by atoms with Crippen molar-refractivity contribution in [3.05, 3.63) is 12.7 Å². The molecule has 0 heterocycles. The molecule has 0 aromatic rings. The maximum Gasteiger partial charge on any atom is 0.307 e. The molecule has 0 bridgehead atoms. The average molecular weight is 242 g/mol. The fraction of sp³-hybridized carbons (Fsp3) is 0.786. The van der Waals surface area contributed by atoms with E-state index in [0.29, 0.717) is 13.0 Å². The molecular formula is C14H26O3. The minimum Gasteiger partial charge on any atom is -0.438 e. The van der Waals surface area contributed by atoms with Crippen molar-refractivity contribution in [2.45, 2.75) is 58.3 Å². The lowest BCUT2D eigenvalue weighted by Gasteiger charge is -2.05. The van der Waals surface area contributed by atoms with Gasteiger partial charge in [0, 0.05) is 6.42 Å². The van der Waals surface area contributed by atoms with Crippen LogP contribution in [0.4, 0.5) is 0 Å². The maximum absolute atomic E-state index is 11.2. The van der Waals surface area contributed by atoms with E-state index in [1.807, 2.05) is 6.08 Å². The molecule has 3 heteroatoms. The fourth-order valence-electron chi connectivity index (χ4n) is 1.43. The van der Waals surface area contributed by atoms with Crippen LogP contribution < -0.4 is 0 Å². The van der Waals surface area contributed by atoms with Crippen molar-refractivity contribution in [2.24, 2.45) is 0 Å². The summed E-state index contributed by atoms with van der Waals surface area (Å²) in [6.45, 7) is 6.60. The summed E-state index contributed by atoms with van der Waals surface area (Å²) in [4.78, 5) is 11.2. The van der Waals surface area contributed by atoms with Crippen LogP contribution in [-0.2, 0) is 14.3 Å². The van der Waals surface area contributed by atoms with Crippen molar-refractivity contribution >= 4 is 5.97 Å². The zero-order chi connectivity index (χ0) is 12.8. The summed E-state index contributed by atoms with van der Waals surface area (Å²) in [6.07, 6.45) is 9.86. The summed E-state index contributed by atoms with van der Waals surface area (Å²) in [7, 11) is 0. The van der Waals surface area contributed by atoms with Gasteiger partial charge in [-0.25, -0.2) is 0 Å².